The Balaban J connectivity index is 2.19. The largest absolute Gasteiger partial charge is 0.305 e. The van der Waals surface area contributed by atoms with Crippen molar-refractivity contribution in [3.63, 3.8) is 0 Å². The van der Waals surface area contributed by atoms with Crippen molar-refractivity contribution in [1.29, 1.82) is 0 Å². The second kappa shape index (κ2) is 6.67. The summed E-state index contributed by atoms with van der Waals surface area (Å²) in [6, 6.07) is 7.74. The van der Waals surface area contributed by atoms with Gasteiger partial charge in [0.15, 0.2) is 0 Å². The molecule has 8 heteroatoms. The zero-order valence-electron chi connectivity index (χ0n) is 12.5. The number of nitrogens with one attached hydrogen (secondary N) is 1. The maximum absolute atomic E-state index is 12.1. The smallest absolute Gasteiger partial charge is 0.265 e. The number of nitrogens with zero attached hydrogens (tertiary/aromatic N) is 1. The van der Waals surface area contributed by atoms with Crippen LogP contribution in [0.15, 0.2) is 50.7 Å². The lowest BCUT2D eigenvalue weighted by molar-refractivity contribution is -0.119. The first kappa shape index (κ1) is 17.4. The maximum Gasteiger partial charge on any atom is 0.265 e. The van der Waals surface area contributed by atoms with Gasteiger partial charge in [0.2, 0.25) is 0 Å². The Morgan fingerprint density at radius 2 is 1.78 bits per heavy atom. The number of benzene rings is 1. The lowest BCUT2D eigenvalue weighted by Crippen LogP contribution is -2.36. The number of sulfonamides is 1. The number of hydrogen-bond acceptors (Lipinski definition) is 4. The third-order valence-corrected chi connectivity index (χ3v) is 5.03. The molecule has 0 radical (unpaired) electrons. The number of amides is 1. The third kappa shape index (κ3) is 4.29. The molecule has 2 aromatic rings. The molecule has 1 N–H and O–H groups in total. The van der Waals surface area contributed by atoms with Crippen LogP contribution in [0.2, 0.25) is 0 Å². The van der Waals surface area contributed by atoms with E-state index in [1.54, 1.807) is 25.1 Å². The summed E-state index contributed by atoms with van der Waals surface area (Å²) in [6.45, 7) is 3.21. The minimum Gasteiger partial charge on any atom is -0.305 e. The van der Waals surface area contributed by atoms with E-state index in [0.717, 1.165) is 15.7 Å². The molecular weight excluding hydrogens is 384 g/mol. The van der Waals surface area contributed by atoms with E-state index in [2.05, 4.69) is 15.9 Å². The predicted octanol–water partition coefficient (Wildman–Crippen LogP) is 1.73. The van der Waals surface area contributed by atoms with Gasteiger partial charge in [-0.25, -0.2) is 13.1 Å². The van der Waals surface area contributed by atoms with Gasteiger partial charge in [-0.2, -0.15) is 0 Å². The van der Waals surface area contributed by atoms with Crippen LogP contribution in [-0.4, -0.2) is 18.9 Å². The first-order chi connectivity index (χ1) is 10.7. The molecule has 1 heterocycles. The monoisotopic (exact) mass is 398 g/mol. The molecule has 0 bridgehead atoms. The molecule has 6 nitrogen and oxygen atoms in total. The summed E-state index contributed by atoms with van der Waals surface area (Å²) in [5.41, 5.74) is 1.27. The highest BCUT2D eigenvalue weighted by Gasteiger charge is 2.18. The van der Waals surface area contributed by atoms with Gasteiger partial charge in [0.25, 0.3) is 21.5 Å². The zero-order valence-corrected chi connectivity index (χ0v) is 14.9. The molecular formula is C15H15BrN2O4S. The average molecular weight is 399 g/mol. The number of carbonyl (C=O) groups excluding carboxylic acids is 1. The molecule has 0 saturated heterocycles. The molecule has 23 heavy (non-hydrogen) atoms. The van der Waals surface area contributed by atoms with Crippen LogP contribution in [0.25, 0.3) is 0 Å². The van der Waals surface area contributed by atoms with Gasteiger partial charge < -0.3 is 4.57 Å². The van der Waals surface area contributed by atoms with E-state index in [4.69, 9.17) is 0 Å². The van der Waals surface area contributed by atoms with Crippen molar-refractivity contribution < 1.29 is 13.2 Å². The fourth-order valence-corrected chi connectivity index (χ4v) is 3.54. The van der Waals surface area contributed by atoms with Gasteiger partial charge >= 0.3 is 0 Å². The zero-order chi connectivity index (χ0) is 17.2. The van der Waals surface area contributed by atoms with Crippen molar-refractivity contribution >= 4 is 31.9 Å². The Labute approximate surface area is 142 Å². The van der Waals surface area contributed by atoms with Crippen molar-refractivity contribution in [2.45, 2.75) is 25.3 Å². The van der Waals surface area contributed by atoms with Crippen LogP contribution < -0.4 is 10.3 Å². The second-order valence-electron chi connectivity index (χ2n) is 5.14. The van der Waals surface area contributed by atoms with Gasteiger partial charge in [0.1, 0.15) is 6.54 Å². The SMILES string of the molecule is Cc1ccc(S(=O)(=O)NC(=O)Cn2cc(C)cc(Br)c2=O)cc1. The van der Waals surface area contributed by atoms with Gasteiger partial charge in [0, 0.05) is 6.20 Å². The van der Waals surface area contributed by atoms with Crippen molar-refractivity contribution in [3.8, 4) is 0 Å². The molecule has 2 rings (SSSR count). The summed E-state index contributed by atoms with van der Waals surface area (Å²) in [6.07, 6.45) is 1.49. The Morgan fingerprint density at radius 1 is 1.17 bits per heavy atom. The molecule has 0 atom stereocenters. The number of pyridine rings is 1. The Morgan fingerprint density at radius 3 is 2.39 bits per heavy atom. The summed E-state index contributed by atoms with van der Waals surface area (Å²) < 4.78 is 27.7. The Hall–Kier alpha value is -1.93. The number of aromatic nitrogens is 1. The van der Waals surface area contributed by atoms with Crippen LogP contribution in [0.4, 0.5) is 0 Å². The summed E-state index contributed by atoms with van der Waals surface area (Å²) in [5.74, 6) is -0.787. The fraction of sp³-hybridized carbons (Fsp3) is 0.200. The Kier molecular flexibility index (Phi) is 5.06. The molecule has 1 aromatic carbocycles. The van der Waals surface area contributed by atoms with Crippen LogP contribution in [-0.2, 0) is 21.4 Å². The molecule has 1 aromatic heterocycles. The van der Waals surface area contributed by atoms with Crippen LogP contribution in [0, 0.1) is 13.8 Å². The van der Waals surface area contributed by atoms with Gasteiger partial charge in [-0.15, -0.1) is 0 Å². The number of hydrogen-bond donors (Lipinski definition) is 1. The van der Waals surface area contributed by atoms with E-state index in [0.29, 0.717) is 4.47 Å². The molecule has 0 aliphatic carbocycles. The second-order valence-corrected chi connectivity index (χ2v) is 7.68. The van der Waals surface area contributed by atoms with Gasteiger partial charge in [-0.1, -0.05) is 17.7 Å². The Bertz CT molecular complexity index is 902. The number of halogens is 1. The minimum absolute atomic E-state index is 0.00535. The van der Waals surface area contributed by atoms with Gasteiger partial charge in [0.05, 0.1) is 9.37 Å². The molecule has 0 aliphatic heterocycles. The quantitative estimate of drug-likeness (QED) is 0.849. The summed E-state index contributed by atoms with van der Waals surface area (Å²) in [4.78, 5) is 23.9. The number of carbonyl (C=O) groups is 1. The lowest BCUT2D eigenvalue weighted by atomic mass is 10.2. The molecule has 1 amide bonds. The van der Waals surface area contributed by atoms with Crippen LogP contribution in [0.1, 0.15) is 11.1 Å². The van der Waals surface area contributed by atoms with Crippen molar-refractivity contribution in [2.24, 2.45) is 0 Å². The highest BCUT2D eigenvalue weighted by atomic mass is 79.9. The van der Waals surface area contributed by atoms with Gasteiger partial charge in [-0.05, 0) is 53.5 Å². The molecule has 0 fully saturated rings. The molecule has 0 aliphatic rings. The average Bonchev–Trinajstić information content (AvgIpc) is 2.44. The van der Waals surface area contributed by atoms with E-state index in [1.165, 1.54) is 18.3 Å². The van der Waals surface area contributed by atoms with Crippen molar-refractivity contribution in [3.05, 3.63) is 62.5 Å². The molecule has 0 spiro atoms. The maximum atomic E-state index is 12.1. The van der Waals surface area contributed by atoms with E-state index in [1.807, 2.05) is 11.6 Å². The highest BCUT2D eigenvalue weighted by Crippen LogP contribution is 2.10. The van der Waals surface area contributed by atoms with Crippen LogP contribution >= 0.6 is 15.9 Å². The standard InChI is InChI=1S/C15H15BrN2O4S/c1-10-3-5-12(6-4-10)23(21,22)17-14(19)9-18-8-11(2)7-13(16)15(18)20/h3-8H,9H2,1-2H3,(H,17,19). The van der Waals surface area contributed by atoms with E-state index in [9.17, 15) is 18.0 Å². The minimum atomic E-state index is -3.96. The summed E-state index contributed by atoms with van der Waals surface area (Å²) >= 11 is 3.11. The number of rotatable bonds is 4. The number of aryl methyl sites for hydroxylation is 2. The molecule has 0 saturated carbocycles. The lowest BCUT2D eigenvalue weighted by Gasteiger charge is -2.10. The highest BCUT2D eigenvalue weighted by molar-refractivity contribution is 9.10. The van der Waals surface area contributed by atoms with Gasteiger partial charge in [-0.3, -0.25) is 9.59 Å². The van der Waals surface area contributed by atoms with E-state index in [-0.39, 0.29) is 11.4 Å². The normalized spacial score (nSPS) is 11.3. The van der Waals surface area contributed by atoms with E-state index >= 15 is 0 Å². The first-order valence-corrected chi connectivity index (χ1v) is 8.95. The fourth-order valence-electron chi connectivity index (χ4n) is 1.97. The van der Waals surface area contributed by atoms with Crippen molar-refractivity contribution in [2.75, 3.05) is 0 Å². The van der Waals surface area contributed by atoms with Crippen LogP contribution in [0.5, 0.6) is 0 Å². The summed E-state index contributed by atoms with van der Waals surface area (Å²) in [5, 5.41) is 0. The van der Waals surface area contributed by atoms with Crippen LogP contribution in [0.3, 0.4) is 0 Å². The molecule has 122 valence electrons. The topological polar surface area (TPSA) is 85.2 Å². The summed E-state index contributed by atoms with van der Waals surface area (Å²) in [7, 11) is -3.96. The third-order valence-electron chi connectivity index (χ3n) is 3.07. The first-order valence-electron chi connectivity index (χ1n) is 6.68. The molecule has 0 unspecified atom stereocenters. The predicted molar refractivity (Wildman–Crippen MR) is 89.6 cm³/mol. The van der Waals surface area contributed by atoms with Crippen molar-refractivity contribution in [1.82, 2.24) is 9.29 Å². The van der Waals surface area contributed by atoms with E-state index < -0.39 is 21.5 Å².